The van der Waals surface area contributed by atoms with Crippen LogP contribution in [0.4, 0.5) is 0 Å². The molecule has 0 unspecified atom stereocenters. The smallest absolute Gasteiger partial charge is 0.162 e. The number of aromatic nitrogens is 2. The van der Waals surface area contributed by atoms with Crippen molar-refractivity contribution in [1.82, 2.24) is 9.55 Å². The van der Waals surface area contributed by atoms with Gasteiger partial charge in [-0.25, -0.2) is 4.98 Å². The molecule has 92 valence electrons. The maximum absolute atomic E-state index is 8.97. The van der Waals surface area contributed by atoms with Crippen LogP contribution in [0.25, 0.3) is 11.4 Å². The molecule has 2 rings (SSSR count). The highest BCUT2D eigenvalue weighted by atomic mass is 35.5. The van der Waals surface area contributed by atoms with Gasteiger partial charge < -0.3 is 9.30 Å². The molecule has 0 aliphatic carbocycles. The average Bonchev–Trinajstić information content (AvgIpc) is 2.66. The Bertz CT molecular complexity index is 640. The second-order valence-electron chi connectivity index (χ2n) is 3.89. The number of ether oxygens (including phenoxy) is 1. The summed E-state index contributed by atoms with van der Waals surface area (Å²) in [5.41, 5.74) is 2.12. The molecule has 0 radical (unpaired) electrons. The maximum Gasteiger partial charge on any atom is 0.162 e. The Morgan fingerprint density at radius 2 is 2.17 bits per heavy atom. The van der Waals surface area contributed by atoms with Crippen molar-refractivity contribution in [3.63, 3.8) is 0 Å². The molecule has 0 spiro atoms. The molecule has 0 bridgehead atoms. The molecule has 1 heterocycles. The van der Waals surface area contributed by atoms with E-state index >= 15 is 0 Å². The van der Waals surface area contributed by atoms with E-state index in [0.29, 0.717) is 22.3 Å². The summed E-state index contributed by atoms with van der Waals surface area (Å²) in [4.78, 5) is 4.30. The molecule has 5 heteroatoms. The monoisotopic (exact) mass is 261 g/mol. The van der Waals surface area contributed by atoms with Gasteiger partial charge in [-0.05, 0) is 25.1 Å². The van der Waals surface area contributed by atoms with Gasteiger partial charge >= 0.3 is 0 Å². The molecule has 0 amide bonds. The number of imidazole rings is 1. The van der Waals surface area contributed by atoms with Crippen LogP contribution in [-0.4, -0.2) is 16.7 Å². The number of nitrogens with zero attached hydrogens (tertiary/aromatic N) is 3. The Balaban J connectivity index is 2.56. The van der Waals surface area contributed by atoms with E-state index < -0.39 is 0 Å². The minimum absolute atomic E-state index is 0.430. The van der Waals surface area contributed by atoms with Crippen molar-refractivity contribution in [2.45, 2.75) is 6.92 Å². The summed E-state index contributed by atoms with van der Waals surface area (Å²) in [7, 11) is 3.44. The zero-order valence-electron chi connectivity index (χ0n) is 10.4. The Morgan fingerprint density at radius 3 is 2.67 bits per heavy atom. The lowest BCUT2D eigenvalue weighted by Crippen LogP contribution is -1.95. The minimum atomic E-state index is 0.430. The first kappa shape index (κ1) is 12.5. The molecular weight excluding hydrogens is 250 g/mol. The number of nitriles is 1. The van der Waals surface area contributed by atoms with Crippen LogP contribution in [0.1, 0.15) is 11.4 Å². The maximum atomic E-state index is 8.97. The predicted octanol–water partition coefficient (Wildman–Crippen LogP) is 2.93. The van der Waals surface area contributed by atoms with Crippen molar-refractivity contribution in [1.29, 1.82) is 5.26 Å². The van der Waals surface area contributed by atoms with E-state index in [1.165, 1.54) is 0 Å². The lowest BCUT2D eigenvalue weighted by molar-refractivity contribution is 0.415. The van der Waals surface area contributed by atoms with Crippen molar-refractivity contribution in [3.05, 3.63) is 34.6 Å². The third-order valence-corrected chi connectivity index (χ3v) is 3.19. The van der Waals surface area contributed by atoms with Gasteiger partial charge in [0.15, 0.2) is 5.69 Å². The van der Waals surface area contributed by atoms with E-state index in [-0.39, 0.29) is 0 Å². The highest BCUT2D eigenvalue weighted by molar-refractivity contribution is 6.32. The van der Waals surface area contributed by atoms with E-state index in [1.54, 1.807) is 19.2 Å². The average molecular weight is 262 g/mol. The van der Waals surface area contributed by atoms with Crippen LogP contribution in [0.3, 0.4) is 0 Å². The van der Waals surface area contributed by atoms with Crippen LogP contribution in [0.2, 0.25) is 5.02 Å². The second-order valence-corrected chi connectivity index (χ2v) is 4.30. The standard InChI is InChI=1S/C13H12ClN3O/c1-8-11(7-15)16-13(17(8)2)9-4-5-12(18-3)10(14)6-9/h4-6H,1-3H3. The number of methoxy groups -OCH3 is 1. The normalized spacial score (nSPS) is 10.2. The van der Waals surface area contributed by atoms with Crippen LogP contribution in [0.15, 0.2) is 18.2 Å². The largest absolute Gasteiger partial charge is 0.495 e. The van der Waals surface area contributed by atoms with E-state index in [4.69, 9.17) is 21.6 Å². The summed E-state index contributed by atoms with van der Waals surface area (Å²) in [5.74, 6) is 1.33. The van der Waals surface area contributed by atoms with Crippen molar-refractivity contribution in [2.24, 2.45) is 7.05 Å². The third kappa shape index (κ3) is 1.93. The highest BCUT2D eigenvalue weighted by Gasteiger charge is 2.13. The number of rotatable bonds is 2. The highest BCUT2D eigenvalue weighted by Crippen LogP contribution is 2.30. The summed E-state index contributed by atoms with van der Waals surface area (Å²) in [5, 5.41) is 9.49. The van der Waals surface area contributed by atoms with Crippen molar-refractivity contribution in [2.75, 3.05) is 7.11 Å². The molecule has 0 N–H and O–H groups in total. The molecule has 0 aliphatic rings. The lowest BCUT2D eigenvalue weighted by atomic mass is 10.2. The van der Waals surface area contributed by atoms with Gasteiger partial charge in [-0.3, -0.25) is 0 Å². The Morgan fingerprint density at radius 1 is 1.44 bits per heavy atom. The van der Waals surface area contributed by atoms with Gasteiger partial charge in [-0.15, -0.1) is 0 Å². The summed E-state index contributed by atoms with van der Waals surface area (Å²) in [6, 6.07) is 7.51. The minimum Gasteiger partial charge on any atom is -0.495 e. The van der Waals surface area contributed by atoms with E-state index in [0.717, 1.165) is 11.3 Å². The third-order valence-electron chi connectivity index (χ3n) is 2.90. The molecule has 0 fully saturated rings. The molecule has 4 nitrogen and oxygen atoms in total. The predicted molar refractivity (Wildman–Crippen MR) is 69.7 cm³/mol. The van der Waals surface area contributed by atoms with Crippen LogP contribution < -0.4 is 4.74 Å². The van der Waals surface area contributed by atoms with Crippen molar-refractivity contribution < 1.29 is 4.74 Å². The molecule has 2 aromatic rings. The van der Waals surface area contributed by atoms with Crippen LogP contribution >= 0.6 is 11.6 Å². The second kappa shape index (κ2) is 4.71. The van der Waals surface area contributed by atoms with Gasteiger partial charge in [0, 0.05) is 12.6 Å². The van der Waals surface area contributed by atoms with Crippen LogP contribution in [0, 0.1) is 18.3 Å². The van der Waals surface area contributed by atoms with Gasteiger partial charge in [0.25, 0.3) is 0 Å². The molecular formula is C13H12ClN3O. The fraction of sp³-hybridized carbons (Fsp3) is 0.231. The first-order valence-corrected chi connectivity index (χ1v) is 5.73. The topological polar surface area (TPSA) is 50.8 Å². The molecule has 0 atom stereocenters. The quantitative estimate of drug-likeness (QED) is 0.835. The zero-order chi connectivity index (χ0) is 13.3. The summed E-state index contributed by atoms with van der Waals surface area (Å²) in [6.07, 6.45) is 0. The lowest BCUT2D eigenvalue weighted by Gasteiger charge is -2.06. The molecule has 0 saturated heterocycles. The van der Waals surface area contributed by atoms with Crippen LogP contribution in [0.5, 0.6) is 5.75 Å². The molecule has 1 aromatic carbocycles. The molecule has 18 heavy (non-hydrogen) atoms. The molecule has 0 saturated carbocycles. The molecule has 1 aromatic heterocycles. The SMILES string of the molecule is COc1ccc(-c2nc(C#N)c(C)n2C)cc1Cl. The van der Waals surface area contributed by atoms with Crippen molar-refractivity contribution in [3.8, 4) is 23.2 Å². The van der Waals surface area contributed by atoms with Gasteiger partial charge in [0.2, 0.25) is 0 Å². The summed E-state index contributed by atoms with van der Waals surface area (Å²) >= 11 is 6.09. The number of hydrogen-bond donors (Lipinski definition) is 0. The summed E-state index contributed by atoms with van der Waals surface area (Å²) < 4.78 is 6.98. The fourth-order valence-corrected chi connectivity index (χ4v) is 2.01. The Kier molecular flexibility index (Phi) is 3.26. The summed E-state index contributed by atoms with van der Waals surface area (Å²) in [6.45, 7) is 1.86. The zero-order valence-corrected chi connectivity index (χ0v) is 11.1. The number of halogens is 1. The van der Waals surface area contributed by atoms with E-state index in [1.807, 2.05) is 24.6 Å². The molecule has 0 aliphatic heterocycles. The van der Waals surface area contributed by atoms with Gasteiger partial charge in [-0.2, -0.15) is 5.26 Å². The van der Waals surface area contributed by atoms with E-state index in [2.05, 4.69) is 11.1 Å². The Labute approximate surface area is 110 Å². The first-order valence-electron chi connectivity index (χ1n) is 5.35. The van der Waals surface area contributed by atoms with Gasteiger partial charge in [-0.1, -0.05) is 11.6 Å². The fourth-order valence-electron chi connectivity index (χ4n) is 1.75. The van der Waals surface area contributed by atoms with Crippen LogP contribution in [-0.2, 0) is 7.05 Å². The van der Waals surface area contributed by atoms with Crippen molar-refractivity contribution >= 4 is 11.6 Å². The van der Waals surface area contributed by atoms with Gasteiger partial charge in [0.05, 0.1) is 17.8 Å². The Hall–Kier alpha value is -1.99. The first-order chi connectivity index (χ1) is 8.58. The van der Waals surface area contributed by atoms with E-state index in [9.17, 15) is 0 Å². The van der Waals surface area contributed by atoms with Gasteiger partial charge in [0.1, 0.15) is 17.6 Å². The number of hydrogen-bond acceptors (Lipinski definition) is 3. The number of benzene rings is 1.